The molecule has 6 nitrogen and oxygen atoms in total. The van der Waals surface area contributed by atoms with Crippen LogP contribution in [0.2, 0.25) is 5.15 Å². The summed E-state index contributed by atoms with van der Waals surface area (Å²) < 4.78 is 8.68. The van der Waals surface area contributed by atoms with Crippen LogP contribution in [0, 0.1) is 3.57 Å². The number of rotatable bonds is 2. The van der Waals surface area contributed by atoms with Crippen LogP contribution in [-0.2, 0) is 10.3 Å². The van der Waals surface area contributed by atoms with E-state index in [9.17, 15) is 4.79 Å². The van der Waals surface area contributed by atoms with Gasteiger partial charge in [0.25, 0.3) is 0 Å². The zero-order chi connectivity index (χ0) is 15.5. The highest BCUT2D eigenvalue weighted by Gasteiger charge is 2.58. The molecule has 2 N–H and O–H groups in total. The summed E-state index contributed by atoms with van der Waals surface area (Å²) in [6, 6.07) is 0. The molecule has 2 aromatic heterocycles. The minimum absolute atomic E-state index is 0.0746. The molecule has 0 spiro atoms. The molecule has 2 aromatic rings. The maximum atomic E-state index is 11.2. The summed E-state index contributed by atoms with van der Waals surface area (Å²) >= 11 is 8.48. The third kappa shape index (κ3) is 1.94. The average molecular weight is 433 g/mol. The van der Waals surface area contributed by atoms with Crippen molar-refractivity contribution >= 4 is 51.3 Å². The van der Waals surface area contributed by atoms with E-state index in [-0.39, 0.29) is 5.54 Å². The lowest BCUT2D eigenvalue weighted by Crippen LogP contribution is -2.32. The molecule has 22 heavy (non-hydrogen) atoms. The van der Waals surface area contributed by atoms with Crippen molar-refractivity contribution in [2.24, 2.45) is 5.73 Å². The molecule has 2 aliphatic carbocycles. The number of nitrogens with zero attached hydrogens (tertiary/aromatic N) is 3. The van der Waals surface area contributed by atoms with Gasteiger partial charge in [-0.05, 0) is 48.3 Å². The lowest BCUT2D eigenvalue weighted by molar-refractivity contribution is 0.0251. The second-order valence-electron chi connectivity index (χ2n) is 6.22. The van der Waals surface area contributed by atoms with E-state index in [2.05, 4.69) is 43.3 Å². The van der Waals surface area contributed by atoms with Gasteiger partial charge in [0, 0.05) is 16.2 Å². The van der Waals surface area contributed by atoms with E-state index in [0.29, 0.717) is 5.15 Å². The molecule has 0 aromatic carbocycles. The average Bonchev–Trinajstić information content (AvgIpc) is 3.09. The molecule has 0 atom stereocenters. The molecular weight excluding hydrogens is 419 g/mol. The van der Waals surface area contributed by atoms with E-state index in [1.807, 2.05) is 0 Å². The highest BCUT2D eigenvalue weighted by atomic mass is 127. The van der Waals surface area contributed by atoms with Gasteiger partial charge < -0.3 is 15.0 Å². The maximum Gasteiger partial charge on any atom is 0.405 e. The Bertz CT molecular complexity index is 782. The highest BCUT2D eigenvalue weighted by Crippen LogP contribution is 2.57. The molecule has 0 radical (unpaired) electrons. The van der Waals surface area contributed by atoms with Crippen molar-refractivity contribution in [2.75, 3.05) is 0 Å². The van der Waals surface area contributed by atoms with E-state index in [1.165, 1.54) is 6.33 Å². The van der Waals surface area contributed by atoms with E-state index >= 15 is 0 Å². The second-order valence-corrected chi connectivity index (χ2v) is 7.74. The van der Waals surface area contributed by atoms with Gasteiger partial charge in [0.15, 0.2) is 0 Å². The first kappa shape index (κ1) is 14.5. The van der Waals surface area contributed by atoms with Crippen LogP contribution in [0.5, 0.6) is 0 Å². The number of carbonyl (C=O) groups is 1. The summed E-state index contributed by atoms with van der Waals surface area (Å²) in [4.78, 5) is 19.7. The van der Waals surface area contributed by atoms with Gasteiger partial charge in [-0.2, -0.15) is 0 Å². The molecule has 4 rings (SSSR count). The maximum absolute atomic E-state index is 11.2. The van der Waals surface area contributed by atoms with Gasteiger partial charge in [-0.25, -0.2) is 14.8 Å². The third-order valence-corrected chi connectivity index (χ3v) is 6.17. The Kier molecular flexibility index (Phi) is 3.10. The van der Waals surface area contributed by atoms with Crippen LogP contribution in [0.4, 0.5) is 4.79 Å². The number of halogens is 2. The van der Waals surface area contributed by atoms with Crippen LogP contribution in [0.15, 0.2) is 12.5 Å². The van der Waals surface area contributed by atoms with Crippen molar-refractivity contribution in [1.29, 1.82) is 0 Å². The molecular formula is C14H14ClIN4O2. The predicted molar refractivity (Wildman–Crippen MR) is 89.7 cm³/mol. The van der Waals surface area contributed by atoms with Crippen LogP contribution in [0.25, 0.3) is 11.0 Å². The van der Waals surface area contributed by atoms with Crippen molar-refractivity contribution in [3.63, 3.8) is 0 Å². The summed E-state index contributed by atoms with van der Waals surface area (Å²) in [6.45, 7) is 0. The predicted octanol–water partition coefficient (Wildman–Crippen LogP) is 3.20. The van der Waals surface area contributed by atoms with Crippen molar-refractivity contribution in [2.45, 2.75) is 43.2 Å². The Labute approximate surface area is 145 Å². The lowest BCUT2D eigenvalue weighted by Gasteiger charge is -2.29. The number of aromatic nitrogens is 3. The van der Waals surface area contributed by atoms with Crippen molar-refractivity contribution < 1.29 is 9.53 Å². The number of hydrogen-bond acceptors (Lipinski definition) is 4. The Hall–Kier alpha value is -1.09. The number of carbonyl (C=O) groups excluding carboxylic acids is 1. The summed E-state index contributed by atoms with van der Waals surface area (Å²) in [7, 11) is 0. The molecule has 0 unspecified atom stereocenters. The molecule has 2 bridgehead atoms. The first-order chi connectivity index (χ1) is 10.4. The first-order valence-corrected chi connectivity index (χ1v) is 8.56. The number of fused-ring (bicyclic) bond motifs is 3. The fraction of sp³-hybridized carbons (Fsp3) is 0.500. The van der Waals surface area contributed by atoms with Gasteiger partial charge in [0.1, 0.15) is 22.7 Å². The Morgan fingerprint density at radius 3 is 2.77 bits per heavy atom. The third-order valence-electron chi connectivity index (χ3n) is 5.06. The lowest BCUT2D eigenvalue weighted by atomic mass is 9.92. The van der Waals surface area contributed by atoms with Gasteiger partial charge in [0.2, 0.25) is 0 Å². The number of hydrogen-bond donors (Lipinski definition) is 1. The quantitative estimate of drug-likeness (QED) is 0.583. The standard InChI is InChI=1S/C14H14ClIN4O2/c15-10-9-8(16)5-20(11(9)19-7-18-10)13-1-3-14(6-13,4-2-13)22-12(17)21/h5,7H,1-4,6H2,(H2,17,21). The van der Waals surface area contributed by atoms with Crippen molar-refractivity contribution in [1.82, 2.24) is 14.5 Å². The summed E-state index contributed by atoms with van der Waals surface area (Å²) in [5.74, 6) is 0. The molecule has 0 saturated heterocycles. The molecule has 2 fully saturated rings. The van der Waals surface area contributed by atoms with E-state index < -0.39 is 11.7 Å². The normalized spacial score (nSPS) is 30.1. The molecule has 0 aliphatic heterocycles. The Balaban J connectivity index is 1.81. The molecule has 2 aliphatic rings. The first-order valence-electron chi connectivity index (χ1n) is 7.11. The molecule has 2 heterocycles. The number of ether oxygens (including phenoxy) is 1. The van der Waals surface area contributed by atoms with Gasteiger partial charge in [-0.3, -0.25) is 0 Å². The Morgan fingerprint density at radius 2 is 2.09 bits per heavy atom. The Morgan fingerprint density at radius 1 is 1.36 bits per heavy atom. The largest absolute Gasteiger partial charge is 0.443 e. The summed E-state index contributed by atoms with van der Waals surface area (Å²) in [6.07, 6.45) is 7.24. The van der Waals surface area contributed by atoms with Crippen LogP contribution < -0.4 is 5.73 Å². The van der Waals surface area contributed by atoms with Gasteiger partial charge >= 0.3 is 6.09 Å². The number of nitrogens with two attached hydrogens (primary N) is 1. The van der Waals surface area contributed by atoms with Gasteiger partial charge in [-0.1, -0.05) is 11.6 Å². The minimum atomic E-state index is -0.685. The zero-order valence-electron chi connectivity index (χ0n) is 11.7. The van der Waals surface area contributed by atoms with Gasteiger partial charge in [0.05, 0.1) is 10.9 Å². The smallest absolute Gasteiger partial charge is 0.405 e. The fourth-order valence-corrected chi connectivity index (χ4v) is 5.31. The van der Waals surface area contributed by atoms with Crippen LogP contribution in [0.1, 0.15) is 32.1 Å². The second kappa shape index (κ2) is 4.70. The van der Waals surface area contributed by atoms with E-state index in [0.717, 1.165) is 46.7 Å². The monoisotopic (exact) mass is 432 g/mol. The van der Waals surface area contributed by atoms with Crippen LogP contribution >= 0.6 is 34.2 Å². The highest BCUT2D eigenvalue weighted by molar-refractivity contribution is 14.1. The van der Waals surface area contributed by atoms with Crippen molar-refractivity contribution in [3.8, 4) is 0 Å². The summed E-state index contributed by atoms with van der Waals surface area (Å²) in [5, 5.41) is 1.36. The zero-order valence-corrected chi connectivity index (χ0v) is 14.6. The fourth-order valence-electron chi connectivity index (χ4n) is 4.15. The van der Waals surface area contributed by atoms with E-state index in [1.54, 1.807) is 0 Å². The molecule has 116 valence electrons. The molecule has 2 saturated carbocycles. The molecule has 8 heteroatoms. The molecule has 1 amide bonds. The SMILES string of the molecule is NC(=O)OC12CCC(n3cc(I)c4c(Cl)ncnc43)(CC1)C2. The number of amides is 1. The van der Waals surface area contributed by atoms with E-state index in [4.69, 9.17) is 22.1 Å². The van der Waals surface area contributed by atoms with Crippen molar-refractivity contribution in [3.05, 3.63) is 21.2 Å². The van der Waals surface area contributed by atoms with Crippen LogP contribution in [-0.4, -0.2) is 26.2 Å². The number of primary amides is 1. The topological polar surface area (TPSA) is 83.0 Å². The summed E-state index contributed by atoms with van der Waals surface area (Å²) in [5.41, 5.74) is 5.60. The van der Waals surface area contributed by atoms with Crippen LogP contribution in [0.3, 0.4) is 0 Å². The minimum Gasteiger partial charge on any atom is -0.443 e. The van der Waals surface area contributed by atoms with Gasteiger partial charge in [-0.15, -0.1) is 0 Å².